The van der Waals surface area contributed by atoms with Gasteiger partial charge in [0.05, 0.1) is 29.2 Å². The molecule has 0 aliphatic carbocycles. The number of H-pyrrole nitrogens is 1. The lowest BCUT2D eigenvalue weighted by atomic mass is 10.0. The Bertz CT molecular complexity index is 1870. The fourth-order valence-corrected chi connectivity index (χ4v) is 5.23. The average molecular weight is 681 g/mol. The molecule has 5 rings (SSSR count). The Kier molecular flexibility index (Phi) is 8.48. The quantitative estimate of drug-likeness (QED) is 0.249. The summed E-state index contributed by atoms with van der Waals surface area (Å²) in [6.07, 6.45) is -8.70. The molecule has 1 fully saturated rings. The number of benzene rings is 1. The van der Waals surface area contributed by atoms with Crippen molar-refractivity contribution in [2.24, 2.45) is 0 Å². The number of anilines is 1. The molecule has 18 heteroatoms. The molecular formula is C27H19Cl2F7N5O4+. The number of aromatic nitrogens is 3. The summed E-state index contributed by atoms with van der Waals surface area (Å²) in [5, 5.41) is 0.232. The summed E-state index contributed by atoms with van der Waals surface area (Å²) in [5.41, 5.74) is -0.957. The molecule has 1 N–H and O–H groups in total. The summed E-state index contributed by atoms with van der Waals surface area (Å²) < 4.78 is 94.4. The molecule has 0 bridgehead atoms. The van der Waals surface area contributed by atoms with Gasteiger partial charge >= 0.3 is 24.1 Å². The second kappa shape index (κ2) is 11.9. The first-order valence-electron chi connectivity index (χ1n) is 12.9. The zero-order valence-electron chi connectivity index (χ0n) is 22.5. The van der Waals surface area contributed by atoms with Gasteiger partial charge in [0.25, 0.3) is 11.5 Å². The van der Waals surface area contributed by atoms with Gasteiger partial charge in [-0.25, -0.2) is 14.0 Å². The van der Waals surface area contributed by atoms with Gasteiger partial charge in [-0.05, 0) is 34.6 Å². The summed E-state index contributed by atoms with van der Waals surface area (Å²) in [7, 11) is 0. The molecule has 1 aromatic carbocycles. The number of carbonyl (C=O) groups is 2. The number of nitrogens with one attached hydrogen (secondary N) is 1. The molecule has 1 aliphatic rings. The second-order valence-corrected chi connectivity index (χ2v) is 10.6. The van der Waals surface area contributed by atoms with Crippen LogP contribution in [-0.2, 0) is 17.4 Å². The van der Waals surface area contributed by atoms with Crippen LogP contribution >= 0.6 is 23.2 Å². The molecule has 0 atom stereocenters. The van der Waals surface area contributed by atoms with Gasteiger partial charge in [0, 0.05) is 24.4 Å². The van der Waals surface area contributed by atoms with Crippen LogP contribution < -0.4 is 20.0 Å². The van der Waals surface area contributed by atoms with Crippen molar-refractivity contribution < 1.29 is 49.9 Å². The SMILES string of the molecule is O=C(c1cc(Cc2c[nH]c(=O)c3cc(Cl)c(Cl)n23)ccc1F)N1CCN(c2ccc(C(F)(F)F)c[n+]2OC(=O)C(F)(F)F)CC1. The molecule has 4 heterocycles. The number of aromatic amines is 1. The molecule has 1 aliphatic heterocycles. The zero-order valence-corrected chi connectivity index (χ0v) is 24.0. The monoisotopic (exact) mass is 680 g/mol. The van der Waals surface area contributed by atoms with Gasteiger partial charge < -0.3 is 9.88 Å². The number of carbonyl (C=O) groups excluding carboxylic acids is 2. The van der Waals surface area contributed by atoms with E-state index in [0.717, 1.165) is 12.1 Å². The highest BCUT2D eigenvalue weighted by atomic mass is 35.5. The third kappa shape index (κ3) is 6.56. The van der Waals surface area contributed by atoms with E-state index in [0.29, 0.717) is 17.3 Å². The minimum atomic E-state index is -5.48. The van der Waals surface area contributed by atoms with E-state index in [1.54, 1.807) is 0 Å². The molecule has 0 spiro atoms. The minimum absolute atomic E-state index is 0.0806. The summed E-state index contributed by atoms with van der Waals surface area (Å²) in [5.74, 6) is -4.59. The lowest BCUT2D eigenvalue weighted by Gasteiger charge is -2.31. The lowest BCUT2D eigenvalue weighted by molar-refractivity contribution is -0.861. The normalized spacial score (nSPS) is 14.2. The van der Waals surface area contributed by atoms with Gasteiger partial charge in [0.1, 0.15) is 29.6 Å². The molecule has 0 radical (unpaired) electrons. The van der Waals surface area contributed by atoms with Crippen LogP contribution in [0.5, 0.6) is 0 Å². The maximum atomic E-state index is 14.8. The third-order valence-electron chi connectivity index (χ3n) is 6.96. The molecule has 45 heavy (non-hydrogen) atoms. The van der Waals surface area contributed by atoms with Gasteiger partial charge in [0.2, 0.25) is 0 Å². The Morgan fingerprint density at radius 2 is 1.67 bits per heavy atom. The Labute approximate surface area is 257 Å². The number of hydrogen-bond acceptors (Lipinski definition) is 5. The van der Waals surface area contributed by atoms with Crippen molar-refractivity contribution in [1.29, 1.82) is 0 Å². The van der Waals surface area contributed by atoms with Gasteiger partial charge in [0.15, 0.2) is 6.20 Å². The van der Waals surface area contributed by atoms with E-state index in [2.05, 4.69) is 9.82 Å². The van der Waals surface area contributed by atoms with Crippen molar-refractivity contribution >= 4 is 46.4 Å². The summed E-state index contributed by atoms with van der Waals surface area (Å²) in [6, 6.07) is 6.68. The highest BCUT2D eigenvalue weighted by Gasteiger charge is 2.45. The number of pyridine rings is 1. The van der Waals surface area contributed by atoms with Gasteiger partial charge in [-0.3, -0.25) is 18.9 Å². The van der Waals surface area contributed by atoms with Crippen molar-refractivity contribution in [3.63, 3.8) is 0 Å². The number of fused-ring (bicyclic) bond motifs is 1. The molecule has 0 unspecified atom stereocenters. The van der Waals surface area contributed by atoms with Gasteiger partial charge in [-0.15, -0.1) is 0 Å². The third-order valence-corrected chi connectivity index (χ3v) is 7.72. The summed E-state index contributed by atoms with van der Waals surface area (Å²) >= 11 is 12.3. The van der Waals surface area contributed by atoms with E-state index in [1.807, 2.05) is 0 Å². The van der Waals surface area contributed by atoms with Crippen molar-refractivity contribution in [3.8, 4) is 0 Å². The number of halogens is 9. The molecule has 238 valence electrons. The van der Waals surface area contributed by atoms with Crippen LogP contribution in [-0.4, -0.2) is 58.5 Å². The van der Waals surface area contributed by atoms with Crippen LogP contribution in [0.3, 0.4) is 0 Å². The van der Waals surface area contributed by atoms with E-state index < -0.39 is 41.2 Å². The summed E-state index contributed by atoms with van der Waals surface area (Å²) in [4.78, 5) is 46.2. The van der Waals surface area contributed by atoms with Gasteiger partial charge in [-0.1, -0.05) is 29.3 Å². The maximum Gasteiger partial charge on any atom is 0.495 e. The number of piperazine rings is 1. The smallest absolute Gasteiger partial charge is 0.331 e. The topological polar surface area (TPSA) is 91.0 Å². The number of alkyl halides is 6. The molecule has 4 aromatic rings. The highest BCUT2D eigenvalue weighted by molar-refractivity contribution is 6.42. The predicted octanol–water partition coefficient (Wildman–Crippen LogP) is 4.45. The fourth-order valence-electron chi connectivity index (χ4n) is 4.79. The fraction of sp³-hybridized carbons (Fsp3) is 0.259. The van der Waals surface area contributed by atoms with Gasteiger partial charge in [-0.2, -0.15) is 26.3 Å². The Morgan fingerprint density at radius 3 is 2.31 bits per heavy atom. The molecule has 0 saturated carbocycles. The first-order valence-corrected chi connectivity index (χ1v) is 13.6. The molecule has 3 aromatic heterocycles. The Balaban J connectivity index is 1.34. The van der Waals surface area contributed by atoms with E-state index in [-0.39, 0.29) is 70.6 Å². The molecule has 9 nitrogen and oxygen atoms in total. The van der Waals surface area contributed by atoms with Crippen LogP contribution in [0.2, 0.25) is 10.2 Å². The van der Waals surface area contributed by atoms with Crippen LogP contribution in [0.25, 0.3) is 5.52 Å². The van der Waals surface area contributed by atoms with Crippen molar-refractivity contribution in [1.82, 2.24) is 14.3 Å². The molecular weight excluding hydrogens is 662 g/mol. The van der Waals surface area contributed by atoms with E-state index in [9.17, 15) is 45.1 Å². The standard InChI is InChI=1S/C27H18Cl2F7N5O4/c28-18-11-20-23(42)37-12-16(41(20)22(18)29)9-14-1-3-19(30)17(10-14)24(43)39-7-5-38(6-8-39)21-4-2-15(26(31,32)33)13-40(21)45-25(44)27(34,35)36/h1-4,10-13H,5-9H2/p+1. The van der Waals surface area contributed by atoms with E-state index >= 15 is 0 Å². The number of nitrogens with zero attached hydrogens (tertiary/aromatic N) is 4. The summed E-state index contributed by atoms with van der Waals surface area (Å²) in [6.45, 7) is -0.419. The number of hydrogen-bond donors (Lipinski definition) is 1. The largest absolute Gasteiger partial charge is 0.495 e. The Morgan fingerprint density at radius 1 is 0.978 bits per heavy atom. The predicted molar refractivity (Wildman–Crippen MR) is 145 cm³/mol. The molecule has 1 amide bonds. The van der Waals surface area contributed by atoms with Crippen LogP contribution in [0.15, 0.2) is 53.6 Å². The lowest BCUT2D eigenvalue weighted by Crippen LogP contribution is -2.57. The first kappa shape index (κ1) is 32.1. The van der Waals surface area contributed by atoms with Crippen molar-refractivity contribution in [2.45, 2.75) is 18.8 Å². The molecule has 1 saturated heterocycles. The average Bonchev–Trinajstić information content (AvgIpc) is 3.29. The van der Waals surface area contributed by atoms with Crippen molar-refractivity contribution in [3.05, 3.63) is 97.5 Å². The Hall–Kier alpha value is -4.31. The second-order valence-electron chi connectivity index (χ2n) is 9.86. The van der Waals surface area contributed by atoms with Crippen LogP contribution in [0.4, 0.5) is 36.6 Å². The van der Waals surface area contributed by atoms with Crippen LogP contribution in [0.1, 0.15) is 27.2 Å². The number of amides is 1. The highest BCUT2D eigenvalue weighted by Crippen LogP contribution is 2.30. The van der Waals surface area contributed by atoms with Crippen LogP contribution in [0, 0.1) is 5.82 Å². The first-order chi connectivity index (χ1) is 21.0. The van der Waals surface area contributed by atoms with Crippen molar-refractivity contribution in [2.75, 3.05) is 31.1 Å². The maximum absolute atomic E-state index is 14.8. The van der Waals surface area contributed by atoms with E-state index in [1.165, 1.54) is 38.6 Å². The number of rotatable bonds is 5. The zero-order chi connectivity index (χ0) is 32.8. The van der Waals surface area contributed by atoms with E-state index in [4.69, 9.17) is 23.2 Å². The minimum Gasteiger partial charge on any atom is -0.331 e.